The van der Waals surface area contributed by atoms with Gasteiger partial charge in [0.05, 0.1) is 5.92 Å². The van der Waals surface area contributed by atoms with E-state index in [-0.39, 0.29) is 5.92 Å². The summed E-state index contributed by atoms with van der Waals surface area (Å²) in [7, 11) is 0. The first-order valence-electron chi connectivity index (χ1n) is 13.1. The van der Waals surface area contributed by atoms with Crippen LogP contribution in [0.4, 0.5) is 5.95 Å². The molecule has 2 saturated carbocycles. The third kappa shape index (κ3) is 5.81. The first kappa shape index (κ1) is 23.5. The Morgan fingerprint density at radius 2 is 1.81 bits per heavy atom. The highest BCUT2D eigenvalue weighted by Gasteiger charge is 2.42. The van der Waals surface area contributed by atoms with Crippen molar-refractivity contribution in [2.24, 2.45) is 29.6 Å². The second-order valence-electron chi connectivity index (χ2n) is 10.6. The van der Waals surface area contributed by atoms with Crippen LogP contribution in [-0.4, -0.2) is 58.2 Å². The maximum Gasteiger partial charge on any atom is 0.306 e. The molecule has 2 aliphatic carbocycles. The Labute approximate surface area is 193 Å². The monoisotopic (exact) mass is 442 g/mol. The van der Waals surface area contributed by atoms with Gasteiger partial charge in [0.25, 0.3) is 0 Å². The number of hydrogen-bond acceptors (Lipinski definition) is 5. The first-order valence-corrected chi connectivity index (χ1v) is 13.1. The molecule has 0 radical (unpaired) electrons. The summed E-state index contributed by atoms with van der Waals surface area (Å²) in [5.41, 5.74) is 0. The number of carboxylic acids is 1. The molecule has 0 bridgehead atoms. The van der Waals surface area contributed by atoms with Crippen molar-refractivity contribution in [3.8, 4) is 0 Å². The van der Waals surface area contributed by atoms with Crippen molar-refractivity contribution in [1.29, 1.82) is 0 Å². The van der Waals surface area contributed by atoms with Crippen LogP contribution in [0.1, 0.15) is 71.6 Å². The van der Waals surface area contributed by atoms with Gasteiger partial charge in [0, 0.05) is 44.6 Å². The number of carboxylic acid groups (broad SMARTS) is 1. The fraction of sp³-hybridized carbons (Fsp3) is 0.808. The lowest BCUT2D eigenvalue weighted by molar-refractivity contribution is -0.144. The highest BCUT2D eigenvalue weighted by atomic mass is 16.4. The predicted octanol–water partition coefficient (Wildman–Crippen LogP) is 4.71. The van der Waals surface area contributed by atoms with E-state index < -0.39 is 5.97 Å². The second-order valence-corrected chi connectivity index (χ2v) is 10.6. The van der Waals surface area contributed by atoms with Crippen LogP contribution < -0.4 is 4.90 Å². The van der Waals surface area contributed by atoms with E-state index in [1.54, 1.807) is 0 Å². The molecule has 1 aromatic heterocycles. The average molecular weight is 443 g/mol. The highest BCUT2D eigenvalue weighted by Crippen LogP contribution is 2.46. The van der Waals surface area contributed by atoms with E-state index in [1.165, 1.54) is 19.3 Å². The minimum atomic E-state index is -0.544. The lowest BCUT2D eigenvalue weighted by atomic mass is 9.85. The molecule has 4 rings (SSSR count). The summed E-state index contributed by atoms with van der Waals surface area (Å²) in [6, 6.07) is 2.40. The van der Waals surface area contributed by atoms with E-state index in [9.17, 15) is 9.90 Å². The predicted molar refractivity (Wildman–Crippen MR) is 128 cm³/mol. The third-order valence-corrected chi connectivity index (χ3v) is 8.34. The summed E-state index contributed by atoms with van der Waals surface area (Å²) < 4.78 is 0. The molecule has 32 heavy (non-hydrogen) atoms. The van der Waals surface area contributed by atoms with E-state index in [0.29, 0.717) is 29.7 Å². The van der Waals surface area contributed by atoms with Crippen LogP contribution >= 0.6 is 0 Å². The summed E-state index contributed by atoms with van der Waals surface area (Å²) in [6.07, 6.45) is 13.9. The largest absolute Gasteiger partial charge is 0.481 e. The highest BCUT2D eigenvalue weighted by molar-refractivity contribution is 5.70. The van der Waals surface area contributed by atoms with Crippen LogP contribution in [0.5, 0.6) is 0 Å². The zero-order valence-corrected chi connectivity index (χ0v) is 20.0. The number of nitrogens with zero attached hydrogens (tertiary/aromatic N) is 4. The molecule has 2 unspecified atom stereocenters. The Hall–Kier alpha value is -1.69. The number of piperidine rings is 1. The topological polar surface area (TPSA) is 69.6 Å². The number of hydrogen-bond donors (Lipinski definition) is 1. The SMILES string of the molecule is CCCN(c1ncccn1)C1CCN(C[C@H]2CC(C(CC3CC3)C(=O)O)C[C@@H]2CC)CC1. The van der Waals surface area contributed by atoms with Crippen LogP contribution in [0.3, 0.4) is 0 Å². The van der Waals surface area contributed by atoms with Gasteiger partial charge >= 0.3 is 5.97 Å². The molecule has 1 aliphatic heterocycles. The number of anilines is 1. The smallest absolute Gasteiger partial charge is 0.306 e. The Bertz CT molecular complexity index is 718. The fourth-order valence-corrected chi connectivity index (χ4v) is 6.39. The number of aromatic nitrogens is 2. The van der Waals surface area contributed by atoms with Gasteiger partial charge in [-0.1, -0.05) is 33.1 Å². The summed E-state index contributed by atoms with van der Waals surface area (Å²) >= 11 is 0. The number of rotatable bonds is 11. The van der Waals surface area contributed by atoms with E-state index in [4.69, 9.17) is 0 Å². The molecule has 3 aliphatic rings. The Kier molecular flexibility index (Phi) is 8.03. The van der Waals surface area contributed by atoms with Gasteiger partial charge in [0.2, 0.25) is 5.95 Å². The lowest BCUT2D eigenvalue weighted by Gasteiger charge is -2.39. The maximum atomic E-state index is 12.0. The van der Waals surface area contributed by atoms with E-state index >= 15 is 0 Å². The Morgan fingerprint density at radius 3 is 2.41 bits per heavy atom. The van der Waals surface area contributed by atoms with Crippen LogP contribution in [-0.2, 0) is 4.79 Å². The lowest BCUT2D eigenvalue weighted by Crippen LogP contribution is -2.47. The van der Waals surface area contributed by atoms with E-state index in [1.807, 2.05) is 18.5 Å². The van der Waals surface area contributed by atoms with Crippen molar-refractivity contribution in [1.82, 2.24) is 14.9 Å². The van der Waals surface area contributed by atoms with Gasteiger partial charge in [0.1, 0.15) is 0 Å². The maximum absolute atomic E-state index is 12.0. The third-order valence-electron chi connectivity index (χ3n) is 8.34. The molecule has 1 aromatic rings. The Balaban J connectivity index is 1.31. The van der Waals surface area contributed by atoms with Gasteiger partial charge in [-0.2, -0.15) is 0 Å². The van der Waals surface area contributed by atoms with Crippen LogP contribution in [0.25, 0.3) is 0 Å². The molecule has 4 atom stereocenters. The van der Waals surface area contributed by atoms with Gasteiger partial charge in [0.15, 0.2) is 0 Å². The molecule has 3 fully saturated rings. The minimum Gasteiger partial charge on any atom is -0.481 e. The molecule has 0 amide bonds. The van der Waals surface area contributed by atoms with Gasteiger partial charge in [-0.05, 0) is 68.3 Å². The number of aliphatic carboxylic acids is 1. The second kappa shape index (κ2) is 11.0. The quantitative estimate of drug-likeness (QED) is 0.535. The van der Waals surface area contributed by atoms with Gasteiger partial charge in [-0.3, -0.25) is 4.79 Å². The molecule has 6 heteroatoms. The summed E-state index contributed by atoms with van der Waals surface area (Å²) in [5.74, 6) is 2.63. The van der Waals surface area contributed by atoms with Crippen LogP contribution in [0.2, 0.25) is 0 Å². The molecular formula is C26H42N4O2. The number of carbonyl (C=O) groups is 1. The summed E-state index contributed by atoms with van der Waals surface area (Å²) in [5, 5.41) is 9.87. The molecule has 0 spiro atoms. The molecule has 1 N–H and O–H groups in total. The summed E-state index contributed by atoms with van der Waals surface area (Å²) in [4.78, 5) is 26.1. The minimum absolute atomic E-state index is 0.110. The van der Waals surface area contributed by atoms with E-state index in [2.05, 4.69) is 33.6 Å². The van der Waals surface area contributed by atoms with Crippen molar-refractivity contribution in [2.75, 3.05) is 31.1 Å². The normalized spacial score (nSPS) is 28.0. The standard InChI is InChI=1S/C26H42N4O2/c1-3-12-30(26-27-10-5-11-28-26)23-8-13-29(14-9-23)18-22-17-21(16-20(22)4-2)24(25(31)32)15-19-6-7-19/h5,10-11,19-24H,3-4,6-9,12-18H2,1-2H3,(H,31,32)/t20-,21?,22+,24?/m0/s1. The molecule has 0 aromatic carbocycles. The molecular weight excluding hydrogens is 400 g/mol. The zero-order valence-electron chi connectivity index (χ0n) is 20.0. The van der Waals surface area contributed by atoms with Crippen molar-refractivity contribution in [2.45, 2.75) is 77.7 Å². The van der Waals surface area contributed by atoms with Gasteiger partial charge in [-0.15, -0.1) is 0 Å². The fourth-order valence-electron chi connectivity index (χ4n) is 6.39. The van der Waals surface area contributed by atoms with Crippen molar-refractivity contribution in [3.05, 3.63) is 18.5 Å². The molecule has 178 valence electrons. The zero-order chi connectivity index (χ0) is 22.5. The summed E-state index contributed by atoms with van der Waals surface area (Å²) in [6.45, 7) is 8.92. The first-order chi connectivity index (χ1) is 15.6. The molecule has 1 saturated heterocycles. The Morgan fingerprint density at radius 1 is 1.12 bits per heavy atom. The van der Waals surface area contributed by atoms with Crippen LogP contribution in [0, 0.1) is 29.6 Å². The van der Waals surface area contributed by atoms with Gasteiger partial charge < -0.3 is 14.9 Å². The van der Waals surface area contributed by atoms with Crippen LogP contribution in [0.15, 0.2) is 18.5 Å². The van der Waals surface area contributed by atoms with Crippen molar-refractivity contribution in [3.63, 3.8) is 0 Å². The molecule has 6 nitrogen and oxygen atoms in total. The number of likely N-dealkylation sites (tertiary alicyclic amines) is 1. The average Bonchev–Trinajstić information content (AvgIpc) is 3.55. The van der Waals surface area contributed by atoms with Gasteiger partial charge in [-0.25, -0.2) is 9.97 Å². The van der Waals surface area contributed by atoms with Crippen molar-refractivity contribution < 1.29 is 9.90 Å². The molecule has 2 heterocycles. The van der Waals surface area contributed by atoms with Crippen molar-refractivity contribution >= 4 is 11.9 Å². The van der Waals surface area contributed by atoms with E-state index in [0.717, 1.165) is 70.7 Å².